The predicted octanol–water partition coefficient (Wildman–Crippen LogP) is 6.72. The van der Waals surface area contributed by atoms with Crippen molar-refractivity contribution >= 4 is 51.7 Å². The lowest BCUT2D eigenvalue weighted by atomic mass is 10.1. The first-order valence-electron chi connectivity index (χ1n) is 9.96. The number of hydrogen-bond donors (Lipinski definition) is 0. The molecule has 9 heteroatoms. The molecule has 3 aromatic carbocycles. The van der Waals surface area contributed by atoms with Gasteiger partial charge in [0.05, 0.1) is 17.5 Å². The number of carbonyl (C=O) groups is 1. The number of hydrogen-bond acceptors (Lipinski definition) is 6. The fourth-order valence-corrected chi connectivity index (χ4v) is 3.82. The molecule has 0 amide bonds. The van der Waals surface area contributed by atoms with Crippen molar-refractivity contribution in [3.63, 3.8) is 0 Å². The molecule has 0 aliphatic carbocycles. The van der Waals surface area contributed by atoms with Gasteiger partial charge in [0.2, 0.25) is 11.2 Å². The fraction of sp³-hybridized carbons (Fsp3) is 0.120. The van der Waals surface area contributed by atoms with Crippen LogP contribution < -0.4 is 19.6 Å². The van der Waals surface area contributed by atoms with E-state index in [1.165, 1.54) is 25.3 Å². The molecule has 6 nitrogen and oxygen atoms in total. The number of aryl methyl sites for hydroxylation is 1. The zero-order chi connectivity index (χ0) is 24.4. The van der Waals surface area contributed by atoms with Gasteiger partial charge < -0.3 is 18.6 Å². The van der Waals surface area contributed by atoms with E-state index >= 15 is 0 Å². The lowest BCUT2D eigenvalue weighted by Gasteiger charge is -2.12. The molecule has 0 saturated carbocycles. The number of halogens is 3. The predicted molar refractivity (Wildman–Crippen MR) is 132 cm³/mol. The number of fused-ring (bicyclic) bond motifs is 1. The van der Waals surface area contributed by atoms with Crippen molar-refractivity contribution in [3.8, 4) is 28.6 Å². The van der Waals surface area contributed by atoms with E-state index in [1.54, 1.807) is 43.3 Å². The van der Waals surface area contributed by atoms with Crippen LogP contribution in [0.2, 0.25) is 15.1 Å². The van der Waals surface area contributed by atoms with Gasteiger partial charge in [-0.25, -0.2) is 4.79 Å². The summed E-state index contributed by atoms with van der Waals surface area (Å²) in [6.07, 6.45) is 0. The molecule has 34 heavy (non-hydrogen) atoms. The smallest absolute Gasteiger partial charge is 0.349 e. The minimum atomic E-state index is -0.828. The van der Waals surface area contributed by atoms with Crippen LogP contribution in [0.5, 0.6) is 17.2 Å². The van der Waals surface area contributed by atoms with Gasteiger partial charge >= 0.3 is 5.97 Å². The van der Waals surface area contributed by atoms with Crippen LogP contribution >= 0.6 is 34.8 Å². The van der Waals surface area contributed by atoms with Crippen LogP contribution in [0.25, 0.3) is 22.3 Å². The van der Waals surface area contributed by atoms with E-state index in [0.29, 0.717) is 26.9 Å². The fourth-order valence-electron chi connectivity index (χ4n) is 3.20. The van der Waals surface area contributed by atoms with E-state index in [2.05, 4.69) is 0 Å². The molecule has 0 bridgehead atoms. The van der Waals surface area contributed by atoms with Crippen LogP contribution in [0.15, 0.2) is 63.8 Å². The van der Waals surface area contributed by atoms with E-state index < -0.39 is 18.0 Å². The summed E-state index contributed by atoms with van der Waals surface area (Å²) in [5.74, 6) is -0.175. The van der Waals surface area contributed by atoms with Gasteiger partial charge in [-0.3, -0.25) is 4.79 Å². The molecule has 1 aromatic heterocycles. The molecule has 1 heterocycles. The summed E-state index contributed by atoms with van der Waals surface area (Å²) in [5.41, 5.74) is 1.00. The topological polar surface area (TPSA) is 75.0 Å². The van der Waals surface area contributed by atoms with Gasteiger partial charge in [-0.2, -0.15) is 0 Å². The van der Waals surface area contributed by atoms with Crippen molar-refractivity contribution < 1.29 is 23.4 Å². The summed E-state index contributed by atoms with van der Waals surface area (Å²) in [5, 5.41) is 1.22. The molecule has 0 fully saturated rings. The average molecular weight is 520 g/mol. The second-order valence-corrected chi connectivity index (χ2v) is 8.50. The Bertz CT molecular complexity index is 1440. The largest absolute Gasteiger partial charge is 0.497 e. The molecule has 0 saturated heterocycles. The van der Waals surface area contributed by atoms with Crippen LogP contribution in [0.1, 0.15) is 5.56 Å². The molecular weight excluding hydrogens is 503 g/mol. The summed E-state index contributed by atoms with van der Waals surface area (Å²) < 4.78 is 22.1. The molecule has 0 radical (unpaired) electrons. The molecule has 0 aliphatic rings. The molecule has 0 aliphatic heterocycles. The summed E-state index contributed by atoms with van der Waals surface area (Å²) >= 11 is 18.2. The minimum absolute atomic E-state index is 0.0831. The van der Waals surface area contributed by atoms with Crippen LogP contribution in [-0.2, 0) is 4.79 Å². The third kappa shape index (κ3) is 4.99. The zero-order valence-electron chi connectivity index (χ0n) is 18.0. The van der Waals surface area contributed by atoms with Crippen molar-refractivity contribution in [2.24, 2.45) is 0 Å². The number of methoxy groups -OCH3 is 1. The maximum atomic E-state index is 13.3. The van der Waals surface area contributed by atoms with Gasteiger partial charge in [0, 0.05) is 15.6 Å². The summed E-state index contributed by atoms with van der Waals surface area (Å²) in [4.78, 5) is 25.9. The quantitative estimate of drug-likeness (QED) is 0.263. The Morgan fingerprint density at radius 2 is 1.71 bits per heavy atom. The second kappa shape index (κ2) is 9.97. The monoisotopic (exact) mass is 518 g/mol. The summed E-state index contributed by atoms with van der Waals surface area (Å²) in [7, 11) is 1.54. The van der Waals surface area contributed by atoms with Crippen LogP contribution in [-0.4, -0.2) is 19.7 Å². The van der Waals surface area contributed by atoms with E-state index in [-0.39, 0.29) is 27.7 Å². The van der Waals surface area contributed by atoms with E-state index in [0.717, 1.165) is 5.56 Å². The van der Waals surface area contributed by atoms with Gasteiger partial charge in [-0.15, -0.1) is 0 Å². The van der Waals surface area contributed by atoms with Gasteiger partial charge in [-0.05, 0) is 67.1 Å². The standard InChI is InChI=1S/C25H17Cl3O6/c1-13-9-21-17(11-18(13)27)23(30)25(24(33-21)14-3-6-16(31-2)7-4-14)34-22(29)12-32-20-8-5-15(26)10-19(20)28/h3-11H,12H2,1-2H3. The zero-order valence-corrected chi connectivity index (χ0v) is 20.3. The lowest BCUT2D eigenvalue weighted by molar-refractivity contribution is -0.136. The Morgan fingerprint density at radius 1 is 0.971 bits per heavy atom. The van der Waals surface area contributed by atoms with Crippen molar-refractivity contribution in [1.29, 1.82) is 0 Å². The molecule has 0 atom stereocenters. The molecule has 0 spiro atoms. The number of rotatable bonds is 6. The molecular formula is C25H17Cl3O6. The molecule has 4 rings (SSSR count). The second-order valence-electron chi connectivity index (χ2n) is 7.25. The van der Waals surface area contributed by atoms with Gasteiger partial charge in [0.15, 0.2) is 12.4 Å². The first-order valence-corrected chi connectivity index (χ1v) is 11.1. The molecule has 0 N–H and O–H groups in total. The Kier molecular flexibility index (Phi) is 7.03. The maximum Gasteiger partial charge on any atom is 0.349 e. The number of ether oxygens (including phenoxy) is 3. The number of esters is 1. The van der Waals surface area contributed by atoms with Gasteiger partial charge in [-0.1, -0.05) is 34.8 Å². The van der Waals surface area contributed by atoms with E-state index in [4.69, 9.17) is 53.4 Å². The first-order chi connectivity index (χ1) is 16.3. The van der Waals surface area contributed by atoms with Crippen LogP contribution in [0.3, 0.4) is 0 Å². The first kappa shape index (κ1) is 24.0. The highest BCUT2D eigenvalue weighted by Crippen LogP contribution is 2.34. The summed E-state index contributed by atoms with van der Waals surface area (Å²) in [6.45, 7) is 1.29. The molecule has 4 aromatic rings. The number of carbonyl (C=O) groups excluding carboxylic acids is 1. The third-order valence-corrected chi connectivity index (χ3v) is 5.88. The lowest BCUT2D eigenvalue weighted by Crippen LogP contribution is -2.22. The highest BCUT2D eigenvalue weighted by atomic mass is 35.5. The van der Waals surface area contributed by atoms with Gasteiger partial charge in [0.25, 0.3) is 0 Å². The van der Waals surface area contributed by atoms with Crippen molar-refractivity contribution in [2.75, 3.05) is 13.7 Å². The van der Waals surface area contributed by atoms with Gasteiger partial charge in [0.1, 0.15) is 17.1 Å². The van der Waals surface area contributed by atoms with Crippen molar-refractivity contribution in [2.45, 2.75) is 6.92 Å². The van der Waals surface area contributed by atoms with E-state index in [1.807, 2.05) is 0 Å². The normalized spacial score (nSPS) is 10.9. The van der Waals surface area contributed by atoms with Crippen LogP contribution in [0.4, 0.5) is 0 Å². The Morgan fingerprint density at radius 3 is 2.38 bits per heavy atom. The minimum Gasteiger partial charge on any atom is -0.497 e. The Balaban J connectivity index is 1.72. The van der Waals surface area contributed by atoms with Crippen molar-refractivity contribution in [1.82, 2.24) is 0 Å². The Labute approximate surface area is 209 Å². The highest BCUT2D eigenvalue weighted by Gasteiger charge is 2.22. The SMILES string of the molecule is COc1ccc(-c2oc3cc(C)c(Cl)cc3c(=O)c2OC(=O)COc2ccc(Cl)cc2Cl)cc1. The van der Waals surface area contributed by atoms with Crippen molar-refractivity contribution in [3.05, 3.63) is 85.5 Å². The van der Waals surface area contributed by atoms with E-state index in [9.17, 15) is 9.59 Å². The highest BCUT2D eigenvalue weighted by molar-refractivity contribution is 6.35. The maximum absolute atomic E-state index is 13.3. The third-order valence-electron chi connectivity index (χ3n) is 4.94. The number of benzene rings is 3. The molecule has 174 valence electrons. The average Bonchev–Trinajstić information content (AvgIpc) is 2.81. The van der Waals surface area contributed by atoms with Crippen LogP contribution in [0, 0.1) is 6.92 Å². The summed E-state index contributed by atoms with van der Waals surface area (Å²) in [6, 6.07) is 14.5. The molecule has 0 unspecified atom stereocenters. The Hall–Kier alpha value is -3.19.